The number of halogens is 1. The average molecular weight is 507 g/mol. The number of hydrogen-bond donors (Lipinski definition) is 1. The Morgan fingerprint density at radius 3 is 2.54 bits per heavy atom. The van der Waals surface area contributed by atoms with Crippen molar-refractivity contribution in [2.75, 3.05) is 23.7 Å². The third-order valence-electron chi connectivity index (χ3n) is 6.10. The molecule has 1 aliphatic heterocycles. The molecule has 2 aliphatic rings. The van der Waals surface area contributed by atoms with Crippen molar-refractivity contribution in [3.8, 4) is 11.4 Å². The van der Waals surface area contributed by atoms with E-state index in [2.05, 4.69) is 36.8 Å². The van der Waals surface area contributed by atoms with Crippen LogP contribution in [-0.4, -0.2) is 39.0 Å². The van der Waals surface area contributed by atoms with Crippen LogP contribution in [0.4, 0.5) is 16.4 Å². The number of anilines is 2. The first kappa shape index (κ1) is 23.5. The molecule has 35 heavy (non-hydrogen) atoms. The highest BCUT2D eigenvalue weighted by molar-refractivity contribution is 7.12. The molecule has 1 atom stereocenters. The van der Waals surface area contributed by atoms with Gasteiger partial charge in [0.2, 0.25) is 5.95 Å². The number of thiazole rings is 1. The van der Waals surface area contributed by atoms with Gasteiger partial charge >= 0.3 is 6.03 Å². The van der Waals surface area contributed by atoms with E-state index in [0.717, 1.165) is 32.7 Å². The maximum absolute atomic E-state index is 13.3. The van der Waals surface area contributed by atoms with Crippen LogP contribution in [0.1, 0.15) is 43.0 Å². The molecule has 5 rings (SSSR count). The van der Waals surface area contributed by atoms with E-state index in [1.165, 1.54) is 0 Å². The summed E-state index contributed by atoms with van der Waals surface area (Å²) in [5, 5.41) is 1.69. The standard InChI is InChI=1S/C26H27ClN6OS/c1-26(2,3)23-31-21(20-11-12-29-24(28)30-20)22(35-23)16-5-4-6-19(15-16)33-14-13-32(25(33)34)18-9-7-17(27)8-10-18/h4-12,16H,13-15H2,1-3H3,(H2,28,29,30). The number of benzene rings is 1. The van der Waals surface area contributed by atoms with E-state index >= 15 is 0 Å². The lowest BCUT2D eigenvalue weighted by molar-refractivity contribution is 0.229. The average Bonchev–Trinajstić information content (AvgIpc) is 3.44. The first-order chi connectivity index (χ1) is 16.7. The number of hydrogen-bond acceptors (Lipinski definition) is 6. The zero-order valence-electron chi connectivity index (χ0n) is 19.9. The Labute approximate surface area is 214 Å². The number of urea groups is 1. The van der Waals surface area contributed by atoms with Gasteiger partial charge < -0.3 is 5.73 Å². The fraction of sp³-hybridized carbons (Fsp3) is 0.308. The highest BCUT2D eigenvalue weighted by atomic mass is 35.5. The van der Waals surface area contributed by atoms with Gasteiger partial charge in [-0.15, -0.1) is 11.3 Å². The van der Waals surface area contributed by atoms with Crippen molar-refractivity contribution >= 4 is 40.6 Å². The van der Waals surface area contributed by atoms with Crippen molar-refractivity contribution in [3.63, 3.8) is 0 Å². The van der Waals surface area contributed by atoms with E-state index in [1.807, 2.05) is 47.4 Å². The van der Waals surface area contributed by atoms with Crippen LogP contribution in [0.3, 0.4) is 0 Å². The third kappa shape index (κ3) is 4.68. The molecule has 3 heterocycles. The van der Waals surface area contributed by atoms with Gasteiger partial charge in [0.25, 0.3) is 0 Å². The second kappa shape index (κ2) is 9.09. The van der Waals surface area contributed by atoms with Gasteiger partial charge in [0.05, 0.1) is 10.7 Å². The predicted molar refractivity (Wildman–Crippen MR) is 142 cm³/mol. The van der Waals surface area contributed by atoms with Gasteiger partial charge in [0.1, 0.15) is 5.69 Å². The summed E-state index contributed by atoms with van der Waals surface area (Å²) in [6, 6.07) is 9.21. The summed E-state index contributed by atoms with van der Waals surface area (Å²) in [5.74, 6) is 0.302. The number of carbonyl (C=O) groups excluding carboxylic acids is 1. The number of aromatic nitrogens is 3. The number of nitrogen functional groups attached to an aromatic ring is 1. The highest BCUT2D eigenvalue weighted by Gasteiger charge is 2.34. The Bertz CT molecular complexity index is 1320. The van der Waals surface area contributed by atoms with Crippen LogP contribution in [0.15, 0.2) is 60.5 Å². The minimum Gasteiger partial charge on any atom is -0.368 e. The molecule has 3 aromatic rings. The number of carbonyl (C=O) groups is 1. The SMILES string of the molecule is CC(C)(C)c1nc(-c2ccnc(N)n2)c(C2C=CC=C(N3CCN(c4ccc(Cl)cc4)C3=O)C2)s1. The van der Waals surface area contributed by atoms with Crippen molar-refractivity contribution < 1.29 is 4.79 Å². The molecule has 7 nitrogen and oxygen atoms in total. The molecule has 2 amide bonds. The van der Waals surface area contributed by atoms with E-state index in [0.29, 0.717) is 24.5 Å². The number of nitrogens with zero attached hydrogens (tertiary/aromatic N) is 5. The second-order valence-electron chi connectivity index (χ2n) is 9.70. The number of amides is 2. The van der Waals surface area contributed by atoms with E-state index in [1.54, 1.807) is 22.4 Å². The van der Waals surface area contributed by atoms with Crippen molar-refractivity contribution in [1.29, 1.82) is 0 Å². The van der Waals surface area contributed by atoms with Crippen molar-refractivity contribution in [2.45, 2.75) is 38.5 Å². The Morgan fingerprint density at radius 2 is 1.83 bits per heavy atom. The summed E-state index contributed by atoms with van der Waals surface area (Å²) >= 11 is 7.73. The summed E-state index contributed by atoms with van der Waals surface area (Å²) in [6.45, 7) is 7.74. The number of allylic oxidation sites excluding steroid dienone is 4. The molecule has 9 heteroatoms. The Kier molecular flexibility index (Phi) is 6.11. The maximum atomic E-state index is 13.3. The molecule has 2 aromatic heterocycles. The molecule has 180 valence electrons. The van der Waals surface area contributed by atoms with E-state index in [4.69, 9.17) is 22.3 Å². The van der Waals surface area contributed by atoms with Crippen molar-refractivity contribution in [2.24, 2.45) is 0 Å². The molecule has 0 radical (unpaired) electrons. The van der Waals surface area contributed by atoms with Gasteiger partial charge in [-0.1, -0.05) is 44.5 Å². The van der Waals surface area contributed by atoms with E-state index in [9.17, 15) is 4.79 Å². The fourth-order valence-corrected chi connectivity index (χ4v) is 5.64. The molecular weight excluding hydrogens is 480 g/mol. The maximum Gasteiger partial charge on any atom is 0.328 e. The van der Waals surface area contributed by atoms with Gasteiger partial charge in [0.15, 0.2) is 0 Å². The minimum atomic E-state index is -0.0999. The molecule has 0 bridgehead atoms. The Morgan fingerprint density at radius 1 is 1.09 bits per heavy atom. The summed E-state index contributed by atoms with van der Waals surface area (Å²) < 4.78 is 0. The molecule has 1 fully saturated rings. The van der Waals surface area contributed by atoms with Crippen LogP contribution in [0, 0.1) is 0 Å². The highest BCUT2D eigenvalue weighted by Crippen LogP contribution is 2.42. The van der Waals surface area contributed by atoms with Gasteiger partial charge in [-0.3, -0.25) is 9.80 Å². The van der Waals surface area contributed by atoms with Gasteiger partial charge in [-0.25, -0.2) is 19.7 Å². The summed E-state index contributed by atoms with van der Waals surface area (Å²) in [7, 11) is 0. The van der Waals surface area contributed by atoms with Gasteiger partial charge in [-0.05, 0) is 42.8 Å². The molecule has 0 spiro atoms. The summed E-state index contributed by atoms with van der Waals surface area (Å²) in [6.07, 6.45) is 8.61. The number of nitrogens with two attached hydrogens (primary N) is 1. The lowest BCUT2D eigenvalue weighted by atomic mass is 9.94. The first-order valence-corrected chi connectivity index (χ1v) is 12.7. The van der Waals surface area contributed by atoms with E-state index < -0.39 is 0 Å². The molecule has 1 saturated heterocycles. The van der Waals surface area contributed by atoms with Crippen LogP contribution in [-0.2, 0) is 5.41 Å². The summed E-state index contributed by atoms with van der Waals surface area (Å²) in [4.78, 5) is 31.6. The third-order valence-corrected chi connectivity index (χ3v) is 7.97. The lowest BCUT2D eigenvalue weighted by Crippen LogP contribution is -2.32. The van der Waals surface area contributed by atoms with Crippen LogP contribution >= 0.6 is 22.9 Å². The molecule has 2 N–H and O–H groups in total. The summed E-state index contributed by atoms with van der Waals surface area (Å²) in [5.41, 5.74) is 9.18. The van der Waals surface area contributed by atoms with Gasteiger partial charge in [-0.2, -0.15) is 0 Å². The zero-order chi connectivity index (χ0) is 24.7. The van der Waals surface area contributed by atoms with E-state index in [-0.39, 0.29) is 23.3 Å². The van der Waals surface area contributed by atoms with Crippen LogP contribution in [0.5, 0.6) is 0 Å². The zero-order valence-corrected chi connectivity index (χ0v) is 21.5. The molecule has 0 saturated carbocycles. The molecule has 1 aromatic carbocycles. The second-order valence-corrected chi connectivity index (χ2v) is 11.2. The molecule has 1 unspecified atom stereocenters. The lowest BCUT2D eigenvalue weighted by Gasteiger charge is -2.25. The fourth-order valence-electron chi connectivity index (χ4n) is 4.30. The predicted octanol–water partition coefficient (Wildman–Crippen LogP) is 6.00. The molecule has 1 aliphatic carbocycles. The first-order valence-electron chi connectivity index (χ1n) is 11.5. The normalized spacial score (nSPS) is 18.3. The largest absolute Gasteiger partial charge is 0.368 e. The smallest absolute Gasteiger partial charge is 0.328 e. The van der Waals surface area contributed by atoms with Crippen LogP contribution in [0.25, 0.3) is 11.4 Å². The molecular formula is C26H27ClN6OS. The van der Waals surface area contributed by atoms with Crippen LogP contribution < -0.4 is 10.6 Å². The Hall–Kier alpha value is -3.23. The van der Waals surface area contributed by atoms with Crippen LogP contribution in [0.2, 0.25) is 5.02 Å². The van der Waals surface area contributed by atoms with Gasteiger partial charge in [0, 0.05) is 51.9 Å². The topological polar surface area (TPSA) is 88.2 Å². The number of rotatable bonds is 4. The monoisotopic (exact) mass is 506 g/mol. The Balaban J connectivity index is 1.43. The van der Waals surface area contributed by atoms with Crippen molar-refractivity contribution in [3.05, 3.63) is 75.4 Å². The quantitative estimate of drug-likeness (QED) is 0.468. The minimum absolute atomic E-state index is 0.0175. The van der Waals surface area contributed by atoms with Crippen molar-refractivity contribution in [1.82, 2.24) is 19.9 Å².